The van der Waals surface area contributed by atoms with Crippen LogP contribution in [0.25, 0.3) is 0 Å². The topological polar surface area (TPSA) is 42.9 Å². The lowest BCUT2D eigenvalue weighted by molar-refractivity contribution is -0.0849. The molecule has 2 unspecified atom stereocenters. The number of amidine groups is 1. The van der Waals surface area contributed by atoms with Gasteiger partial charge in [0.1, 0.15) is 0 Å². The number of nitrogens with one attached hydrogen (secondary N) is 1. The van der Waals surface area contributed by atoms with Gasteiger partial charge < -0.3 is 14.8 Å². The highest BCUT2D eigenvalue weighted by Gasteiger charge is 2.20. The Hall–Kier alpha value is -0.260. The standard InChI is InChI=1S/C11H20N2O2S/c1-2-3-10-7-13-11(16-10)12-6-9-8-14-4-5-15-9/h9-10H,2-8H2,1H3,(H,12,13). The van der Waals surface area contributed by atoms with Gasteiger partial charge in [0.25, 0.3) is 0 Å². The Kier molecular flexibility index (Phi) is 4.93. The number of rotatable bonds is 4. The van der Waals surface area contributed by atoms with E-state index in [1.54, 1.807) is 0 Å². The lowest BCUT2D eigenvalue weighted by atomic mass is 10.2. The third-order valence-corrected chi connectivity index (χ3v) is 3.91. The Morgan fingerprint density at radius 3 is 3.19 bits per heavy atom. The number of aliphatic imine (C=N–C) groups is 1. The molecule has 2 heterocycles. The van der Waals surface area contributed by atoms with Gasteiger partial charge in [0.05, 0.1) is 32.5 Å². The van der Waals surface area contributed by atoms with Crippen molar-refractivity contribution in [2.24, 2.45) is 4.99 Å². The SMILES string of the molecule is CCCC1CN=C(NCC2COCCO2)S1. The molecule has 1 saturated heterocycles. The van der Waals surface area contributed by atoms with Gasteiger partial charge in [-0.15, -0.1) is 0 Å². The van der Waals surface area contributed by atoms with Gasteiger partial charge in [-0.1, -0.05) is 25.1 Å². The van der Waals surface area contributed by atoms with Gasteiger partial charge in [-0.25, -0.2) is 0 Å². The van der Waals surface area contributed by atoms with Gasteiger partial charge in [-0.2, -0.15) is 0 Å². The number of thioether (sulfide) groups is 1. The summed E-state index contributed by atoms with van der Waals surface area (Å²) in [6.07, 6.45) is 2.67. The lowest BCUT2D eigenvalue weighted by Crippen LogP contribution is -2.38. The Bertz CT molecular complexity index is 242. The van der Waals surface area contributed by atoms with E-state index in [1.165, 1.54) is 12.8 Å². The first-order valence-electron chi connectivity index (χ1n) is 6.03. The molecule has 4 nitrogen and oxygen atoms in total. The second kappa shape index (κ2) is 6.47. The summed E-state index contributed by atoms with van der Waals surface area (Å²) in [7, 11) is 0. The van der Waals surface area contributed by atoms with Crippen molar-refractivity contribution in [1.82, 2.24) is 5.32 Å². The van der Waals surface area contributed by atoms with Crippen LogP contribution >= 0.6 is 11.8 Å². The van der Waals surface area contributed by atoms with Crippen molar-refractivity contribution in [2.75, 3.05) is 32.9 Å². The predicted octanol–water partition coefficient (Wildman–Crippen LogP) is 1.26. The molecular weight excluding hydrogens is 224 g/mol. The molecule has 2 rings (SSSR count). The molecule has 92 valence electrons. The number of nitrogens with zero attached hydrogens (tertiary/aromatic N) is 1. The fourth-order valence-electron chi connectivity index (χ4n) is 1.84. The summed E-state index contributed by atoms with van der Waals surface area (Å²) in [6, 6.07) is 0. The average molecular weight is 244 g/mol. The Morgan fingerprint density at radius 2 is 2.44 bits per heavy atom. The van der Waals surface area contributed by atoms with Crippen molar-refractivity contribution >= 4 is 16.9 Å². The molecule has 0 aromatic heterocycles. The summed E-state index contributed by atoms with van der Waals surface area (Å²) >= 11 is 1.87. The van der Waals surface area contributed by atoms with Crippen LogP contribution in [0.3, 0.4) is 0 Å². The van der Waals surface area contributed by atoms with Gasteiger partial charge in [0.15, 0.2) is 5.17 Å². The van der Waals surface area contributed by atoms with Crippen molar-refractivity contribution in [2.45, 2.75) is 31.1 Å². The van der Waals surface area contributed by atoms with Crippen LogP contribution < -0.4 is 5.32 Å². The van der Waals surface area contributed by atoms with E-state index in [2.05, 4.69) is 17.2 Å². The van der Waals surface area contributed by atoms with E-state index in [0.29, 0.717) is 18.5 Å². The first-order valence-corrected chi connectivity index (χ1v) is 6.90. The Labute approximate surface area is 101 Å². The molecule has 2 aliphatic rings. The van der Waals surface area contributed by atoms with Gasteiger partial charge in [-0.05, 0) is 6.42 Å². The van der Waals surface area contributed by atoms with Gasteiger partial charge >= 0.3 is 0 Å². The highest BCUT2D eigenvalue weighted by molar-refractivity contribution is 8.14. The van der Waals surface area contributed by atoms with Gasteiger partial charge in [0.2, 0.25) is 0 Å². The van der Waals surface area contributed by atoms with E-state index in [0.717, 1.165) is 24.9 Å². The minimum absolute atomic E-state index is 0.183. The molecule has 5 heteroatoms. The van der Waals surface area contributed by atoms with E-state index in [-0.39, 0.29) is 6.10 Å². The van der Waals surface area contributed by atoms with E-state index >= 15 is 0 Å². The minimum atomic E-state index is 0.183. The maximum absolute atomic E-state index is 5.56. The fourth-order valence-corrected chi connectivity index (χ4v) is 2.98. The molecule has 0 spiro atoms. The van der Waals surface area contributed by atoms with Crippen molar-refractivity contribution < 1.29 is 9.47 Å². The summed E-state index contributed by atoms with van der Waals surface area (Å²) < 4.78 is 10.9. The monoisotopic (exact) mass is 244 g/mol. The van der Waals surface area contributed by atoms with Crippen LogP contribution in [0, 0.1) is 0 Å². The molecule has 0 amide bonds. The first-order chi connectivity index (χ1) is 7.88. The zero-order valence-electron chi connectivity index (χ0n) is 9.78. The third-order valence-electron chi connectivity index (χ3n) is 2.69. The van der Waals surface area contributed by atoms with E-state index in [1.807, 2.05) is 11.8 Å². The van der Waals surface area contributed by atoms with Crippen LogP contribution in [0.15, 0.2) is 4.99 Å². The molecule has 16 heavy (non-hydrogen) atoms. The van der Waals surface area contributed by atoms with E-state index in [4.69, 9.17) is 9.47 Å². The normalized spacial score (nSPS) is 30.2. The number of ether oxygens (including phenoxy) is 2. The summed E-state index contributed by atoms with van der Waals surface area (Å²) in [5.74, 6) is 0. The lowest BCUT2D eigenvalue weighted by Gasteiger charge is -2.23. The zero-order valence-corrected chi connectivity index (χ0v) is 10.6. The molecule has 0 saturated carbocycles. The van der Waals surface area contributed by atoms with E-state index in [9.17, 15) is 0 Å². The smallest absolute Gasteiger partial charge is 0.157 e. The largest absolute Gasteiger partial charge is 0.376 e. The molecule has 1 fully saturated rings. The maximum Gasteiger partial charge on any atom is 0.157 e. The molecule has 0 aromatic carbocycles. The summed E-state index contributed by atoms with van der Waals surface area (Å²) in [4.78, 5) is 4.49. The van der Waals surface area contributed by atoms with Crippen LogP contribution in [0.4, 0.5) is 0 Å². The second-order valence-electron chi connectivity index (χ2n) is 4.12. The van der Waals surface area contributed by atoms with Crippen LogP contribution in [0.5, 0.6) is 0 Å². The van der Waals surface area contributed by atoms with Gasteiger partial charge in [0, 0.05) is 11.8 Å². The van der Waals surface area contributed by atoms with Crippen LogP contribution in [0.2, 0.25) is 0 Å². The highest BCUT2D eigenvalue weighted by atomic mass is 32.2. The highest BCUT2D eigenvalue weighted by Crippen LogP contribution is 2.23. The van der Waals surface area contributed by atoms with Crippen LogP contribution in [0.1, 0.15) is 19.8 Å². The second-order valence-corrected chi connectivity index (χ2v) is 5.41. The maximum atomic E-state index is 5.56. The zero-order chi connectivity index (χ0) is 11.2. The quantitative estimate of drug-likeness (QED) is 0.808. The predicted molar refractivity (Wildman–Crippen MR) is 67.2 cm³/mol. The molecule has 1 N–H and O–H groups in total. The molecule has 0 bridgehead atoms. The fraction of sp³-hybridized carbons (Fsp3) is 0.909. The summed E-state index contributed by atoms with van der Waals surface area (Å²) in [5, 5.41) is 5.10. The molecular formula is C11H20N2O2S. The van der Waals surface area contributed by atoms with Crippen molar-refractivity contribution in [3.8, 4) is 0 Å². The molecule has 2 aliphatic heterocycles. The minimum Gasteiger partial charge on any atom is -0.376 e. The summed E-state index contributed by atoms with van der Waals surface area (Å²) in [5.41, 5.74) is 0. The van der Waals surface area contributed by atoms with Crippen molar-refractivity contribution in [1.29, 1.82) is 0 Å². The molecule has 0 aromatic rings. The third kappa shape index (κ3) is 3.64. The van der Waals surface area contributed by atoms with Crippen LogP contribution in [-0.2, 0) is 9.47 Å². The summed E-state index contributed by atoms with van der Waals surface area (Å²) in [6.45, 7) is 6.13. The van der Waals surface area contributed by atoms with Crippen LogP contribution in [-0.4, -0.2) is 49.4 Å². The molecule has 2 atom stereocenters. The Morgan fingerprint density at radius 1 is 1.50 bits per heavy atom. The number of hydrogen-bond acceptors (Lipinski definition) is 5. The molecule has 0 aliphatic carbocycles. The Balaban J connectivity index is 1.63. The average Bonchev–Trinajstić information content (AvgIpc) is 2.76. The van der Waals surface area contributed by atoms with Crippen molar-refractivity contribution in [3.05, 3.63) is 0 Å². The number of hydrogen-bond donors (Lipinski definition) is 1. The van der Waals surface area contributed by atoms with Gasteiger partial charge in [-0.3, -0.25) is 4.99 Å². The van der Waals surface area contributed by atoms with Crippen molar-refractivity contribution in [3.63, 3.8) is 0 Å². The molecule has 0 radical (unpaired) electrons. The first kappa shape index (κ1) is 12.2. The van der Waals surface area contributed by atoms with E-state index < -0.39 is 0 Å².